The maximum Gasteiger partial charge on any atom is 0.148 e. The van der Waals surface area contributed by atoms with Gasteiger partial charge in [0.15, 0.2) is 0 Å². The van der Waals surface area contributed by atoms with Crippen LogP contribution < -0.4 is 5.32 Å². The van der Waals surface area contributed by atoms with Gasteiger partial charge in [0.1, 0.15) is 5.82 Å². The second-order valence-corrected chi connectivity index (χ2v) is 5.59. The Balaban J connectivity index is 1.89. The summed E-state index contributed by atoms with van der Waals surface area (Å²) in [5.41, 5.74) is 1.54. The van der Waals surface area contributed by atoms with Crippen LogP contribution in [0.25, 0.3) is 0 Å². The minimum atomic E-state index is 0.387. The number of nitrogens with one attached hydrogen (secondary N) is 1. The molecule has 0 aromatic carbocycles. The van der Waals surface area contributed by atoms with Crippen molar-refractivity contribution in [3.63, 3.8) is 0 Å². The van der Waals surface area contributed by atoms with E-state index in [1.54, 1.807) is 6.20 Å². The molecule has 94 valence electrons. The van der Waals surface area contributed by atoms with Crippen molar-refractivity contribution in [3.05, 3.63) is 17.8 Å². The molecule has 2 heterocycles. The average molecular weight is 234 g/mol. The number of nitrogens with zero attached hydrogens (tertiary/aromatic N) is 3. The molecular weight excluding hydrogens is 212 g/mol. The third kappa shape index (κ3) is 3.40. The van der Waals surface area contributed by atoms with Crippen molar-refractivity contribution >= 4 is 5.82 Å². The molecule has 0 aliphatic carbocycles. The predicted molar refractivity (Wildman–Crippen MR) is 70.1 cm³/mol. The van der Waals surface area contributed by atoms with Gasteiger partial charge in [-0.15, -0.1) is 5.10 Å². The topological polar surface area (TPSA) is 41.1 Å². The van der Waals surface area contributed by atoms with Gasteiger partial charge in [-0.25, -0.2) is 0 Å². The zero-order valence-electron chi connectivity index (χ0n) is 11.0. The second-order valence-electron chi connectivity index (χ2n) is 5.59. The number of aromatic nitrogens is 2. The summed E-state index contributed by atoms with van der Waals surface area (Å²) in [5.74, 6) is 0.894. The van der Waals surface area contributed by atoms with Crippen LogP contribution in [0, 0.1) is 12.3 Å². The maximum absolute atomic E-state index is 4.10. The quantitative estimate of drug-likeness (QED) is 0.867. The Morgan fingerprint density at radius 3 is 2.76 bits per heavy atom. The van der Waals surface area contributed by atoms with Crippen molar-refractivity contribution in [2.45, 2.75) is 26.7 Å². The van der Waals surface area contributed by atoms with Crippen molar-refractivity contribution in [1.29, 1.82) is 0 Å². The highest BCUT2D eigenvalue weighted by Gasteiger charge is 2.28. The standard InChI is InChI=1S/C13H22N4/c1-11-8-12(16-15-9-11)14-10-13(2)4-6-17(3)7-5-13/h8-9H,4-7,10H2,1-3H3,(H,14,16). The largest absolute Gasteiger partial charge is 0.368 e. The number of hydrogen-bond donors (Lipinski definition) is 1. The SMILES string of the molecule is Cc1cnnc(NCC2(C)CCN(C)CC2)c1. The Labute approximate surface area is 103 Å². The molecule has 0 spiro atoms. The van der Waals surface area contributed by atoms with Crippen LogP contribution in [-0.4, -0.2) is 41.8 Å². The summed E-state index contributed by atoms with van der Waals surface area (Å²) in [7, 11) is 2.19. The first-order valence-electron chi connectivity index (χ1n) is 6.29. The van der Waals surface area contributed by atoms with Crippen LogP contribution in [0.2, 0.25) is 0 Å². The molecule has 1 saturated heterocycles. The highest BCUT2D eigenvalue weighted by atomic mass is 15.2. The smallest absolute Gasteiger partial charge is 0.148 e. The van der Waals surface area contributed by atoms with Crippen LogP contribution in [0.5, 0.6) is 0 Å². The Morgan fingerprint density at radius 1 is 1.41 bits per heavy atom. The Morgan fingerprint density at radius 2 is 2.12 bits per heavy atom. The van der Waals surface area contributed by atoms with Crippen molar-refractivity contribution in [2.24, 2.45) is 5.41 Å². The van der Waals surface area contributed by atoms with Gasteiger partial charge in [-0.1, -0.05) is 6.92 Å². The summed E-state index contributed by atoms with van der Waals surface area (Å²) in [4.78, 5) is 2.40. The fourth-order valence-corrected chi connectivity index (χ4v) is 2.19. The lowest BCUT2D eigenvalue weighted by atomic mass is 9.80. The van der Waals surface area contributed by atoms with Crippen molar-refractivity contribution < 1.29 is 0 Å². The van der Waals surface area contributed by atoms with Crippen LogP contribution in [0.4, 0.5) is 5.82 Å². The lowest BCUT2D eigenvalue weighted by Gasteiger charge is -2.38. The third-order valence-electron chi connectivity index (χ3n) is 3.68. The van der Waals surface area contributed by atoms with E-state index in [1.165, 1.54) is 25.9 Å². The molecule has 1 aromatic rings. The molecule has 0 atom stereocenters. The van der Waals surface area contributed by atoms with Crippen molar-refractivity contribution in [1.82, 2.24) is 15.1 Å². The molecule has 1 fully saturated rings. The molecular formula is C13H22N4. The lowest BCUT2D eigenvalue weighted by molar-refractivity contribution is 0.150. The van der Waals surface area contributed by atoms with Crippen LogP contribution in [0.1, 0.15) is 25.3 Å². The first-order valence-corrected chi connectivity index (χ1v) is 6.29. The van der Waals surface area contributed by atoms with E-state index in [0.29, 0.717) is 5.41 Å². The van der Waals surface area contributed by atoms with Gasteiger partial charge in [0.25, 0.3) is 0 Å². The van der Waals surface area contributed by atoms with E-state index in [0.717, 1.165) is 17.9 Å². The van der Waals surface area contributed by atoms with E-state index < -0.39 is 0 Å². The maximum atomic E-state index is 4.10. The minimum absolute atomic E-state index is 0.387. The average Bonchev–Trinajstić information content (AvgIpc) is 2.31. The summed E-state index contributed by atoms with van der Waals surface area (Å²) in [6, 6.07) is 2.05. The molecule has 2 rings (SSSR count). The highest BCUT2D eigenvalue weighted by molar-refractivity contribution is 5.35. The number of rotatable bonds is 3. The monoisotopic (exact) mass is 234 g/mol. The molecule has 1 N–H and O–H groups in total. The molecule has 0 bridgehead atoms. The fourth-order valence-electron chi connectivity index (χ4n) is 2.19. The van der Waals surface area contributed by atoms with Crippen molar-refractivity contribution in [3.8, 4) is 0 Å². The zero-order valence-corrected chi connectivity index (χ0v) is 11.0. The molecule has 4 nitrogen and oxygen atoms in total. The summed E-state index contributed by atoms with van der Waals surface area (Å²) < 4.78 is 0. The van der Waals surface area contributed by atoms with Gasteiger partial charge in [-0.05, 0) is 56.9 Å². The third-order valence-corrected chi connectivity index (χ3v) is 3.68. The van der Waals surface area contributed by atoms with Crippen LogP contribution in [-0.2, 0) is 0 Å². The van der Waals surface area contributed by atoms with Crippen molar-refractivity contribution in [2.75, 3.05) is 32.0 Å². The highest BCUT2D eigenvalue weighted by Crippen LogP contribution is 2.30. The van der Waals surface area contributed by atoms with Crippen LogP contribution >= 0.6 is 0 Å². The van der Waals surface area contributed by atoms with Gasteiger partial charge in [0.2, 0.25) is 0 Å². The Hall–Kier alpha value is -1.16. The number of hydrogen-bond acceptors (Lipinski definition) is 4. The summed E-state index contributed by atoms with van der Waals surface area (Å²) in [5, 5.41) is 11.5. The van der Waals surface area contributed by atoms with E-state index in [2.05, 4.69) is 34.4 Å². The van der Waals surface area contributed by atoms with Gasteiger partial charge < -0.3 is 10.2 Å². The van der Waals surface area contributed by atoms with Crippen LogP contribution in [0.15, 0.2) is 12.3 Å². The van der Waals surface area contributed by atoms with Gasteiger partial charge in [-0.3, -0.25) is 0 Å². The molecule has 1 aromatic heterocycles. The van der Waals surface area contributed by atoms with E-state index in [4.69, 9.17) is 0 Å². The molecule has 17 heavy (non-hydrogen) atoms. The first-order chi connectivity index (χ1) is 8.07. The van der Waals surface area contributed by atoms with E-state index >= 15 is 0 Å². The van der Waals surface area contributed by atoms with E-state index in [-0.39, 0.29) is 0 Å². The number of piperidine rings is 1. The number of aryl methyl sites for hydroxylation is 1. The fraction of sp³-hybridized carbons (Fsp3) is 0.692. The summed E-state index contributed by atoms with van der Waals surface area (Å²) >= 11 is 0. The van der Waals surface area contributed by atoms with E-state index in [9.17, 15) is 0 Å². The van der Waals surface area contributed by atoms with Gasteiger partial charge in [0, 0.05) is 6.54 Å². The summed E-state index contributed by atoms with van der Waals surface area (Å²) in [6.45, 7) is 7.77. The molecule has 0 saturated carbocycles. The molecule has 0 amide bonds. The number of anilines is 1. The molecule has 1 aliphatic heterocycles. The Bertz CT molecular complexity index is 369. The lowest BCUT2D eigenvalue weighted by Crippen LogP contribution is -2.40. The minimum Gasteiger partial charge on any atom is -0.368 e. The number of likely N-dealkylation sites (tertiary alicyclic amines) is 1. The normalized spacial score (nSPS) is 20.2. The molecule has 4 heteroatoms. The van der Waals surface area contributed by atoms with E-state index in [1.807, 2.05) is 13.0 Å². The molecule has 0 radical (unpaired) electrons. The molecule has 0 unspecified atom stereocenters. The molecule has 1 aliphatic rings. The predicted octanol–water partition coefficient (Wildman–Crippen LogP) is 1.93. The summed E-state index contributed by atoms with van der Waals surface area (Å²) in [6.07, 6.45) is 4.27. The first kappa shape index (κ1) is 12.3. The van der Waals surface area contributed by atoms with Gasteiger partial charge in [-0.2, -0.15) is 5.10 Å². The zero-order chi connectivity index (χ0) is 12.3. The second kappa shape index (κ2) is 5.00. The van der Waals surface area contributed by atoms with Gasteiger partial charge in [0.05, 0.1) is 6.20 Å². The van der Waals surface area contributed by atoms with Gasteiger partial charge >= 0.3 is 0 Å². The van der Waals surface area contributed by atoms with Crippen LogP contribution in [0.3, 0.4) is 0 Å². The Kier molecular flexibility index (Phi) is 3.62.